The highest BCUT2D eigenvalue weighted by molar-refractivity contribution is 7.99. The molecular formula is C20H25N3O3S2. The Hall–Kier alpha value is -2.06. The number of hydrogen-bond acceptors (Lipinski definition) is 6. The van der Waals surface area contributed by atoms with Crippen LogP contribution in [-0.4, -0.2) is 40.8 Å². The molecule has 2 aromatic rings. The second kappa shape index (κ2) is 9.93. The topological polar surface area (TPSA) is 71.5 Å². The van der Waals surface area contributed by atoms with Gasteiger partial charge in [-0.3, -0.25) is 4.79 Å². The van der Waals surface area contributed by atoms with Gasteiger partial charge in [-0.05, 0) is 38.2 Å². The van der Waals surface area contributed by atoms with Gasteiger partial charge in [0.2, 0.25) is 5.91 Å². The van der Waals surface area contributed by atoms with Gasteiger partial charge in [0.25, 0.3) is 0 Å². The second-order valence-electron chi connectivity index (χ2n) is 6.57. The first-order valence-electron chi connectivity index (χ1n) is 9.44. The summed E-state index contributed by atoms with van der Waals surface area (Å²) in [6.45, 7) is 5.33. The molecule has 28 heavy (non-hydrogen) atoms. The summed E-state index contributed by atoms with van der Waals surface area (Å²) >= 11 is 3.21. The Kier molecular flexibility index (Phi) is 7.33. The number of hydrogen-bond donors (Lipinski definition) is 1. The summed E-state index contributed by atoms with van der Waals surface area (Å²) in [5, 5.41) is 3.52. The maximum atomic E-state index is 12.2. The van der Waals surface area contributed by atoms with Crippen LogP contribution in [0.1, 0.15) is 35.9 Å². The minimum Gasteiger partial charge on any atom is -0.450 e. The van der Waals surface area contributed by atoms with E-state index in [0.29, 0.717) is 37.7 Å². The van der Waals surface area contributed by atoms with Crippen molar-refractivity contribution in [3.63, 3.8) is 0 Å². The number of thiazole rings is 1. The molecule has 1 N–H and O–H groups in total. The lowest BCUT2D eigenvalue weighted by Crippen LogP contribution is -2.35. The van der Waals surface area contributed by atoms with Crippen molar-refractivity contribution >= 4 is 40.2 Å². The normalized spacial score (nSPS) is 13.1. The van der Waals surface area contributed by atoms with E-state index in [1.165, 1.54) is 21.8 Å². The van der Waals surface area contributed by atoms with Crippen LogP contribution in [0, 0.1) is 6.92 Å². The van der Waals surface area contributed by atoms with Crippen LogP contribution in [-0.2, 0) is 22.5 Å². The van der Waals surface area contributed by atoms with Crippen LogP contribution in [0.3, 0.4) is 0 Å². The highest BCUT2D eigenvalue weighted by Crippen LogP contribution is 2.29. The Labute approximate surface area is 173 Å². The number of anilines is 1. The number of thioether (sulfide) groups is 1. The third kappa shape index (κ3) is 5.72. The first kappa shape index (κ1) is 20.7. The average molecular weight is 420 g/mol. The van der Waals surface area contributed by atoms with Crippen LogP contribution >= 0.6 is 23.1 Å². The lowest BCUT2D eigenvalue weighted by molar-refractivity contribution is -0.116. The van der Waals surface area contributed by atoms with E-state index in [0.717, 1.165) is 22.7 Å². The number of fused-ring (bicyclic) bond motifs is 1. The van der Waals surface area contributed by atoms with Gasteiger partial charge in [0.1, 0.15) is 0 Å². The molecule has 8 heteroatoms. The van der Waals surface area contributed by atoms with E-state index < -0.39 is 0 Å². The van der Waals surface area contributed by atoms with Crippen LogP contribution in [0.2, 0.25) is 0 Å². The number of carbonyl (C=O) groups is 2. The summed E-state index contributed by atoms with van der Waals surface area (Å²) in [6, 6.07) is 8.42. The quantitative estimate of drug-likeness (QED) is 0.529. The Balaban J connectivity index is 1.42. The molecule has 0 atom stereocenters. The second-order valence-corrected chi connectivity index (χ2v) is 8.82. The van der Waals surface area contributed by atoms with Crippen LogP contribution in [0.5, 0.6) is 0 Å². The molecule has 0 aliphatic carbocycles. The van der Waals surface area contributed by atoms with Crippen molar-refractivity contribution in [3.05, 3.63) is 40.4 Å². The Bertz CT molecular complexity index is 821. The molecule has 1 aromatic heterocycles. The zero-order valence-corrected chi connectivity index (χ0v) is 17.8. The number of aromatic nitrogens is 1. The van der Waals surface area contributed by atoms with E-state index in [1.54, 1.807) is 23.6 Å². The van der Waals surface area contributed by atoms with Crippen LogP contribution in [0.4, 0.5) is 9.93 Å². The number of ether oxygens (including phenoxy) is 1. The standard InChI is InChI=1S/C20H25N3O3S2/c1-3-26-20(25)23-11-10-16-17(13-23)28-19(21-16)22-18(24)5-4-12-27-15-8-6-14(2)7-9-15/h6-9H,3-5,10-13H2,1-2H3,(H,21,22,24). The van der Waals surface area contributed by atoms with Gasteiger partial charge >= 0.3 is 6.09 Å². The third-order valence-corrected chi connectivity index (χ3v) is 6.44. The summed E-state index contributed by atoms with van der Waals surface area (Å²) in [6.07, 6.45) is 1.68. The lowest BCUT2D eigenvalue weighted by Gasteiger charge is -2.24. The summed E-state index contributed by atoms with van der Waals surface area (Å²) in [5.41, 5.74) is 2.22. The van der Waals surface area contributed by atoms with Gasteiger partial charge in [-0.1, -0.05) is 29.0 Å². The van der Waals surface area contributed by atoms with E-state index in [9.17, 15) is 9.59 Å². The van der Waals surface area contributed by atoms with Crippen molar-refractivity contribution in [3.8, 4) is 0 Å². The summed E-state index contributed by atoms with van der Waals surface area (Å²) in [4.78, 5) is 32.5. The molecule has 0 bridgehead atoms. The van der Waals surface area contributed by atoms with Gasteiger partial charge in [0, 0.05) is 29.2 Å². The first-order chi connectivity index (χ1) is 13.5. The third-order valence-electron chi connectivity index (χ3n) is 4.34. The van der Waals surface area contributed by atoms with Crippen molar-refractivity contribution in [2.45, 2.75) is 44.6 Å². The maximum absolute atomic E-state index is 12.2. The molecule has 150 valence electrons. The molecule has 6 nitrogen and oxygen atoms in total. The predicted octanol–water partition coefficient (Wildman–Crippen LogP) is 4.48. The van der Waals surface area contributed by atoms with Crippen molar-refractivity contribution in [1.29, 1.82) is 0 Å². The van der Waals surface area contributed by atoms with Crippen molar-refractivity contribution in [1.82, 2.24) is 9.88 Å². The zero-order chi connectivity index (χ0) is 19.9. The molecule has 3 rings (SSSR count). The fourth-order valence-electron chi connectivity index (χ4n) is 2.86. The largest absolute Gasteiger partial charge is 0.450 e. The van der Waals surface area contributed by atoms with Crippen LogP contribution in [0.15, 0.2) is 29.2 Å². The van der Waals surface area contributed by atoms with E-state index in [-0.39, 0.29) is 12.0 Å². The van der Waals surface area contributed by atoms with Gasteiger partial charge in [-0.15, -0.1) is 11.8 Å². The SMILES string of the molecule is CCOC(=O)N1CCc2nc(NC(=O)CCCSc3ccc(C)cc3)sc2C1. The van der Waals surface area contributed by atoms with Gasteiger partial charge in [-0.2, -0.15) is 0 Å². The van der Waals surface area contributed by atoms with E-state index >= 15 is 0 Å². The zero-order valence-electron chi connectivity index (χ0n) is 16.2. The molecule has 0 saturated carbocycles. The molecule has 0 spiro atoms. The Morgan fingerprint density at radius 2 is 2.11 bits per heavy atom. The average Bonchev–Trinajstić information content (AvgIpc) is 3.08. The molecule has 2 amide bonds. The number of benzene rings is 1. The minimum absolute atomic E-state index is 0.0159. The maximum Gasteiger partial charge on any atom is 0.410 e. The highest BCUT2D eigenvalue weighted by Gasteiger charge is 2.25. The van der Waals surface area contributed by atoms with Crippen molar-refractivity contribution < 1.29 is 14.3 Å². The molecule has 0 radical (unpaired) electrons. The van der Waals surface area contributed by atoms with Gasteiger partial charge < -0.3 is 15.0 Å². The van der Waals surface area contributed by atoms with Crippen molar-refractivity contribution in [2.75, 3.05) is 24.2 Å². The monoisotopic (exact) mass is 419 g/mol. The smallest absolute Gasteiger partial charge is 0.410 e. The number of aryl methyl sites for hydroxylation is 1. The summed E-state index contributed by atoms with van der Waals surface area (Å²) in [5.74, 6) is 0.886. The molecule has 0 unspecified atom stereocenters. The van der Waals surface area contributed by atoms with Gasteiger partial charge in [0.05, 0.1) is 18.8 Å². The molecule has 1 aliphatic heterocycles. The number of amides is 2. The fourth-order valence-corrected chi connectivity index (χ4v) is 4.75. The van der Waals surface area contributed by atoms with E-state index in [4.69, 9.17) is 4.74 Å². The molecular weight excluding hydrogens is 394 g/mol. The number of nitrogens with zero attached hydrogens (tertiary/aromatic N) is 2. The van der Waals surface area contributed by atoms with Crippen LogP contribution < -0.4 is 5.32 Å². The molecule has 1 aromatic carbocycles. The van der Waals surface area contributed by atoms with E-state index in [1.807, 2.05) is 0 Å². The Morgan fingerprint density at radius 1 is 1.32 bits per heavy atom. The number of carbonyl (C=O) groups excluding carboxylic acids is 2. The molecule has 1 aliphatic rings. The predicted molar refractivity (Wildman–Crippen MR) is 113 cm³/mol. The van der Waals surface area contributed by atoms with Gasteiger partial charge in [-0.25, -0.2) is 9.78 Å². The number of rotatable bonds is 7. The number of nitrogens with one attached hydrogen (secondary N) is 1. The van der Waals surface area contributed by atoms with Crippen molar-refractivity contribution in [2.24, 2.45) is 0 Å². The Morgan fingerprint density at radius 3 is 2.86 bits per heavy atom. The summed E-state index contributed by atoms with van der Waals surface area (Å²) in [7, 11) is 0. The minimum atomic E-state index is -0.293. The van der Waals surface area contributed by atoms with Gasteiger partial charge in [0.15, 0.2) is 5.13 Å². The first-order valence-corrected chi connectivity index (χ1v) is 11.2. The fraction of sp³-hybridized carbons (Fsp3) is 0.450. The summed E-state index contributed by atoms with van der Waals surface area (Å²) < 4.78 is 5.06. The molecule has 2 heterocycles. The molecule has 0 fully saturated rings. The van der Waals surface area contributed by atoms with E-state index in [2.05, 4.69) is 41.5 Å². The lowest BCUT2D eigenvalue weighted by atomic mass is 10.2. The highest BCUT2D eigenvalue weighted by atomic mass is 32.2. The molecule has 0 saturated heterocycles. The van der Waals surface area contributed by atoms with Crippen LogP contribution in [0.25, 0.3) is 0 Å².